The Morgan fingerprint density at radius 3 is 2.62 bits per heavy atom. The summed E-state index contributed by atoms with van der Waals surface area (Å²) in [5.41, 5.74) is 3.06. The van der Waals surface area contributed by atoms with E-state index in [1.165, 1.54) is 10.9 Å². The maximum Gasteiger partial charge on any atom is 0.322 e. The maximum absolute atomic E-state index is 12.7. The smallest absolute Gasteiger partial charge is 0.322 e. The second kappa shape index (κ2) is 8.45. The van der Waals surface area contributed by atoms with Crippen molar-refractivity contribution in [2.45, 2.75) is 6.54 Å². The van der Waals surface area contributed by atoms with Gasteiger partial charge in [0.25, 0.3) is 0 Å². The van der Waals surface area contributed by atoms with Crippen molar-refractivity contribution in [2.24, 2.45) is 0 Å². The molecule has 0 atom stereocenters. The van der Waals surface area contributed by atoms with Gasteiger partial charge in [0.05, 0.1) is 19.9 Å². The van der Waals surface area contributed by atoms with Crippen molar-refractivity contribution in [3.8, 4) is 11.5 Å². The van der Waals surface area contributed by atoms with Gasteiger partial charge in [0, 0.05) is 55.9 Å². The summed E-state index contributed by atoms with van der Waals surface area (Å²) in [4.78, 5) is 20.3. The SMILES string of the molecule is COc1ccc(OC)c(NC(=O)N2CCN(Cc3c[nH]c4ccccc34)CC2)c1. The fraction of sp³-hybridized carbons (Fsp3) is 0.318. The van der Waals surface area contributed by atoms with Crippen molar-refractivity contribution >= 4 is 22.6 Å². The van der Waals surface area contributed by atoms with E-state index in [9.17, 15) is 4.79 Å². The van der Waals surface area contributed by atoms with Gasteiger partial charge in [-0.2, -0.15) is 0 Å². The highest BCUT2D eigenvalue weighted by molar-refractivity contribution is 5.91. The minimum absolute atomic E-state index is 0.122. The number of ether oxygens (including phenoxy) is 2. The zero-order valence-corrected chi connectivity index (χ0v) is 16.8. The number of para-hydroxylation sites is 1. The molecule has 0 saturated carbocycles. The highest BCUT2D eigenvalue weighted by Gasteiger charge is 2.22. The van der Waals surface area contributed by atoms with E-state index >= 15 is 0 Å². The first-order valence-electron chi connectivity index (χ1n) is 9.73. The lowest BCUT2D eigenvalue weighted by Gasteiger charge is -2.34. The molecule has 29 heavy (non-hydrogen) atoms. The van der Waals surface area contributed by atoms with E-state index in [4.69, 9.17) is 9.47 Å². The number of aromatic amines is 1. The molecule has 152 valence electrons. The number of rotatable bonds is 5. The standard InChI is InChI=1S/C22H26N4O3/c1-28-17-7-8-21(29-2)20(13-17)24-22(27)26-11-9-25(10-12-26)15-16-14-23-19-6-4-3-5-18(16)19/h3-8,13-14,23H,9-12,15H2,1-2H3,(H,24,27). The van der Waals surface area contributed by atoms with Gasteiger partial charge in [-0.15, -0.1) is 0 Å². The van der Waals surface area contributed by atoms with Crippen molar-refractivity contribution in [2.75, 3.05) is 45.7 Å². The Labute approximate surface area is 170 Å². The lowest BCUT2D eigenvalue weighted by Crippen LogP contribution is -2.49. The van der Waals surface area contributed by atoms with Crippen LogP contribution in [0.5, 0.6) is 11.5 Å². The topological polar surface area (TPSA) is 69.8 Å². The summed E-state index contributed by atoms with van der Waals surface area (Å²) in [6, 6.07) is 13.6. The molecule has 2 amide bonds. The molecule has 0 aliphatic carbocycles. The Hall–Kier alpha value is -3.19. The number of carbonyl (C=O) groups is 1. The number of piperazine rings is 1. The number of anilines is 1. The molecule has 1 aliphatic rings. The number of fused-ring (bicyclic) bond motifs is 1. The molecule has 4 rings (SSSR count). The first-order chi connectivity index (χ1) is 14.2. The van der Waals surface area contributed by atoms with E-state index in [0.29, 0.717) is 30.3 Å². The van der Waals surface area contributed by atoms with Crippen molar-refractivity contribution < 1.29 is 14.3 Å². The molecule has 7 nitrogen and oxygen atoms in total. The quantitative estimate of drug-likeness (QED) is 0.695. The first-order valence-corrected chi connectivity index (χ1v) is 9.73. The number of amides is 2. The van der Waals surface area contributed by atoms with Gasteiger partial charge in [-0.05, 0) is 23.8 Å². The fourth-order valence-electron chi connectivity index (χ4n) is 3.72. The highest BCUT2D eigenvalue weighted by Crippen LogP contribution is 2.29. The third-order valence-corrected chi connectivity index (χ3v) is 5.38. The van der Waals surface area contributed by atoms with E-state index in [0.717, 1.165) is 25.2 Å². The van der Waals surface area contributed by atoms with Crippen LogP contribution in [0.4, 0.5) is 10.5 Å². The number of carbonyl (C=O) groups excluding carboxylic acids is 1. The van der Waals surface area contributed by atoms with Crippen LogP contribution in [0.2, 0.25) is 0 Å². The van der Waals surface area contributed by atoms with Crippen LogP contribution in [0.15, 0.2) is 48.7 Å². The number of benzene rings is 2. The van der Waals surface area contributed by atoms with Gasteiger partial charge in [-0.25, -0.2) is 4.79 Å². The number of aromatic nitrogens is 1. The monoisotopic (exact) mass is 394 g/mol. The van der Waals surface area contributed by atoms with Crippen molar-refractivity contribution in [3.63, 3.8) is 0 Å². The maximum atomic E-state index is 12.7. The summed E-state index contributed by atoms with van der Waals surface area (Å²) in [5, 5.41) is 4.21. The number of urea groups is 1. The molecule has 0 radical (unpaired) electrons. The second-order valence-corrected chi connectivity index (χ2v) is 7.12. The molecule has 2 heterocycles. The van der Waals surface area contributed by atoms with Gasteiger partial charge >= 0.3 is 6.03 Å². The molecule has 0 unspecified atom stereocenters. The number of hydrogen-bond acceptors (Lipinski definition) is 4. The summed E-state index contributed by atoms with van der Waals surface area (Å²) in [6.07, 6.45) is 2.08. The normalized spacial score (nSPS) is 14.8. The summed E-state index contributed by atoms with van der Waals surface area (Å²) in [7, 11) is 3.18. The third-order valence-electron chi connectivity index (χ3n) is 5.38. The van der Waals surface area contributed by atoms with Crippen LogP contribution in [-0.4, -0.2) is 61.2 Å². The molecule has 1 aliphatic heterocycles. The van der Waals surface area contributed by atoms with Gasteiger partial charge in [-0.3, -0.25) is 4.90 Å². The van der Waals surface area contributed by atoms with Gasteiger partial charge in [0.1, 0.15) is 11.5 Å². The predicted molar refractivity (Wildman–Crippen MR) is 114 cm³/mol. The zero-order valence-electron chi connectivity index (χ0n) is 16.8. The molecular weight excluding hydrogens is 368 g/mol. The van der Waals surface area contributed by atoms with Crippen LogP contribution in [0, 0.1) is 0 Å². The molecule has 2 N–H and O–H groups in total. The average Bonchev–Trinajstić information content (AvgIpc) is 3.17. The molecule has 0 bridgehead atoms. The second-order valence-electron chi connectivity index (χ2n) is 7.12. The van der Waals surface area contributed by atoms with E-state index in [1.54, 1.807) is 32.4 Å². The average molecular weight is 394 g/mol. The van der Waals surface area contributed by atoms with Gasteiger partial charge in [0.2, 0.25) is 0 Å². The number of nitrogens with zero attached hydrogens (tertiary/aromatic N) is 2. The minimum atomic E-state index is -0.122. The summed E-state index contributed by atoms with van der Waals surface area (Å²) >= 11 is 0. The van der Waals surface area contributed by atoms with E-state index in [1.807, 2.05) is 11.0 Å². The van der Waals surface area contributed by atoms with Crippen LogP contribution in [0.3, 0.4) is 0 Å². The summed E-state index contributed by atoms with van der Waals surface area (Å²) in [5.74, 6) is 1.28. The Bertz CT molecular complexity index is 993. The van der Waals surface area contributed by atoms with Crippen LogP contribution in [0.25, 0.3) is 10.9 Å². The molecule has 2 aromatic carbocycles. The molecular formula is C22H26N4O3. The Balaban J connectivity index is 1.35. The molecule has 3 aromatic rings. The number of nitrogens with one attached hydrogen (secondary N) is 2. The predicted octanol–water partition coefficient (Wildman–Crippen LogP) is 3.53. The van der Waals surface area contributed by atoms with E-state index < -0.39 is 0 Å². The highest BCUT2D eigenvalue weighted by atomic mass is 16.5. The molecule has 7 heteroatoms. The number of methoxy groups -OCH3 is 2. The number of hydrogen-bond donors (Lipinski definition) is 2. The first kappa shape index (κ1) is 19.1. The van der Waals surface area contributed by atoms with E-state index in [2.05, 4.69) is 39.6 Å². The van der Waals surface area contributed by atoms with Crippen LogP contribution >= 0.6 is 0 Å². The summed E-state index contributed by atoms with van der Waals surface area (Å²) < 4.78 is 10.6. The van der Waals surface area contributed by atoms with Crippen LogP contribution < -0.4 is 14.8 Å². The van der Waals surface area contributed by atoms with Gasteiger partial charge in [0.15, 0.2) is 0 Å². The molecule has 0 spiro atoms. The fourth-order valence-corrected chi connectivity index (χ4v) is 3.72. The largest absolute Gasteiger partial charge is 0.497 e. The number of H-pyrrole nitrogens is 1. The lowest BCUT2D eigenvalue weighted by molar-refractivity contribution is 0.143. The molecule has 1 aromatic heterocycles. The van der Waals surface area contributed by atoms with Crippen molar-refractivity contribution in [1.82, 2.24) is 14.8 Å². The van der Waals surface area contributed by atoms with Gasteiger partial charge in [-0.1, -0.05) is 18.2 Å². The minimum Gasteiger partial charge on any atom is -0.497 e. The van der Waals surface area contributed by atoms with Crippen molar-refractivity contribution in [1.29, 1.82) is 0 Å². The summed E-state index contributed by atoms with van der Waals surface area (Å²) in [6.45, 7) is 3.91. The van der Waals surface area contributed by atoms with Gasteiger partial charge < -0.3 is 24.7 Å². The third kappa shape index (κ3) is 4.14. The Kier molecular flexibility index (Phi) is 5.57. The van der Waals surface area contributed by atoms with Crippen LogP contribution in [-0.2, 0) is 6.54 Å². The van der Waals surface area contributed by atoms with E-state index in [-0.39, 0.29) is 6.03 Å². The molecule has 1 saturated heterocycles. The molecule has 1 fully saturated rings. The van der Waals surface area contributed by atoms with Crippen molar-refractivity contribution in [3.05, 3.63) is 54.2 Å². The Morgan fingerprint density at radius 1 is 1.07 bits per heavy atom. The lowest BCUT2D eigenvalue weighted by atomic mass is 10.1. The Morgan fingerprint density at radius 2 is 1.86 bits per heavy atom. The zero-order chi connectivity index (χ0) is 20.2. The van der Waals surface area contributed by atoms with Crippen LogP contribution in [0.1, 0.15) is 5.56 Å².